The van der Waals surface area contributed by atoms with Gasteiger partial charge >= 0.3 is 0 Å². The van der Waals surface area contributed by atoms with Crippen molar-refractivity contribution in [2.75, 3.05) is 0 Å². The molecule has 0 saturated heterocycles. The molecule has 0 spiro atoms. The average Bonchev–Trinajstić information content (AvgIpc) is 2.69. The van der Waals surface area contributed by atoms with Gasteiger partial charge in [-0.2, -0.15) is 0 Å². The third-order valence-corrected chi connectivity index (χ3v) is 4.76. The SMILES string of the molecule is Clc1ccc(Sc2c(Br)[nH]c3ncccc23)cc1. The van der Waals surface area contributed by atoms with Crippen molar-refractivity contribution in [1.82, 2.24) is 9.97 Å². The van der Waals surface area contributed by atoms with Gasteiger partial charge in [0.1, 0.15) is 5.65 Å². The van der Waals surface area contributed by atoms with Crippen molar-refractivity contribution in [3.8, 4) is 0 Å². The summed E-state index contributed by atoms with van der Waals surface area (Å²) in [5, 5.41) is 1.86. The third-order valence-electron chi connectivity index (χ3n) is 2.51. The molecule has 5 heteroatoms. The largest absolute Gasteiger partial charge is 0.333 e. The molecule has 3 aromatic rings. The molecule has 0 aliphatic carbocycles. The Labute approximate surface area is 122 Å². The fourth-order valence-electron chi connectivity index (χ4n) is 1.69. The zero-order valence-corrected chi connectivity index (χ0v) is 12.3. The third kappa shape index (κ3) is 2.28. The predicted octanol–water partition coefficient (Wildman–Crippen LogP) is 5.13. The molecule has 3 rings (SSSR count). The molecule has 0 fully saturated rings. The minimum absolute atomic E-state index is 0.749. The monoisotopic (exact) mass is 338 g/mol. The van der Waals surface area contributed by atoms with Gasteiger partial charge in [0.25, 0.3) is 0 Å². The molecule has 1 N–H and O–H groups in total. The molecule has 0 aliphatic heterocycles. The Bertz CT molecular complexity index is 694. The van der Waals surface area contributed by atoms with Gasteiger partial charge in [0.2, 0.25) is 0 Å². The van der Waals surface area contributed by atoms with Crippen molar-refractivity contribution >= 4 is 50.3 Å². The van der Waals surface area contributed by atoms with Crippen LogP contribution >= 0.6 is 39.3 Å². The summed E-state index contributed by atoms with van der Waals surface area (Å²) in [5.74, 6) is 0. The van der Waals surface area contributed by atoms with Crippen molar-refractivity contribution in [3.05, 3.63) is 52.2 Å². The van der Waals surface area contributed by atoms with Crippen LogP contribution in [0.1, 0.15) is 0 Å². The van der Waals surface area contributed by atoms with Crippen molar-refractivity contribution < 1.29 is 0 Å². The molecule has 1 aromatic carbocycles. The van der Waals surface area contributed by atoms with Crippen LogP contribution in [0, 0.1) is 0 Å². The van der Waals surface area contributed by atoms with Crippen molar-refractivity contribution in [3.63, 3.8) is 0 Å². The summed E-state index contributed by atoms with van der Waals surface area (Å²) in [6, 6.07) is 11.8. The smallest absolute Gasteiger partial charge is 0.139 e. The van der Waals surface area contributed by atoms with Crippen molar-refractivity contribution in [2.45, 2.75) is 9.79 Å². The number of halogens is 2. The van der Waals surface area contributed by atoms with Crippen LogP contribution in [-0.2, 0) is 0 Å². The predicted molar refractivity (Wildman–Crippen MR) is 79.4 cm³/mol. The fraction of sp³-hybridized carbons (Fsp3) is 0. The quantitative estimate of drug-likeness (QED) is 0.701. The molecule has 2 heterocycles. The molecule has 90 valence electrons. The first-order valence-corrected chi connectivity index (χ1v) is 7.28. The van der Waals surface area contributed by atoms with Crippen LogP contribution in [0.4, 0.5) is 0 Å². The van der Waals surface area contributed by atoms with E-state index in [-0.39, 0.29) is 0 Å². The van der Waals surface area contributed by atoms with Gasteiger partial charge in [-0.3, -0.25) is 0 Å². The highest BCUT2D eigenvalue weighted by Gasteiger charge is 2.11. The Morgan fingerprint density at radius 1 is 1.17 bits per heavy atom. The number of benzene rings is 1. The van der Waals surface area contributed by atoms with Crippen LogP contribution in [0.3, 0.4) is 0 Å². The first-order chi connectivity index (χ1) is 8.74. The highest BCUT2D eigenvalue weighted by Crippen LogP contribution is 2.38. The molecule has 0 unspecified atom stereocenters. The number of aromatic nitrogens is 2. The lowest BCUT2D eigenvalue weighted by Crippen LogP contribution is -1.74. The number of nitrogens with one attached hydrogen (secondary N) is 1. The number of rotatable bonds is 2. The maximum Gasteiger partial charge on any atom is 0.139 e. The standard InChI is InChI=1S/C13H8BrClN2S/c14-12-11(10-2-1-7-16-13(10)17-12)18-9-5-3-8(15)4-6-9/h1-7H,(H,16,17). The van der Waals surface area contributed by atoms with E-state index in [0.29, 0.717) is 0 Å². The Morgan fingerprint density at radius 2 is 1.94 bits per heavy atom. The summed E-state index contributed by atoms with van der Waals surface area (Å²) in [6.07, 6.45) is 1.78. The van der Waals surface area contributed by atoms with E-state index >= 15 is 0 Å². The second-order valence-corrected chi connectivity index (χ2v) is 6.04. The Morgan fingerprint density at radius 3 is 2.72 bits per heavy atom. The summed E-state index contributed by atoms with van der Waals surface area (Å²) in [6.45, 7) is 0. The summed E-state index contributed by atoms with van der Waals surface area (Å²) < 4.78 is 0.955. The lowest BCUT2D eigenvalue weighted by molar-refractivity contribution is 1.28. The maximum atomic E-state index is 5.89. The van der Waals surface area contributed by atoms with Crippen molar-refractivity contribution in [1.29, 1.82) is 0 Å². The summed E-state index contributed by atoms with van der Waals surface area (Å²) in [4.78, 5) is 9.80. The van der Waals surface area contributed by atoms with Crippen molar-refractivity contribution in [2.24, 2.45) is 0 Å². The van der Waals surface area contributed by atoms with Gasteiger partial charge in [-0.25, -0.2) is 4.98 Å². The van der Waals surface area contributed by atoms with E-state index < -0.39 is 0 Å². The van der Waals surface area contributed by atoms with E-state index in [9.17, 15) is 0 Å². The topological polar surface area (TPSA) is 28.7 Å². The van der Waals surface area contributed by atoms with E-state index in [1.807, 2.05) is 30.3 Å². The molecule has 0 saturated carbocycles. The van der Waals surface area contributed by atoms with Crippen LogP contribution < -0.4 is 0 Å². The minimum atomic E-state index is 0.749. The molecule has 0 bridgehead atoms. The summed E-state index contributed by atoms with van der Waals surface area (Å²) in [7, 11) is 0. The fourth-order valence-corrected chi connectivity index (χ4v) is 3.38. The van der Waals surface area contributed by atoms with Crippen LogP contribution in [-0.4, -0.2) is 9.97 Å². The molecule has 0 atom stereocenters. The lowest BCUT2D eigenvalue weighted by Gasteiger charge is -2.01. The van der Waals surface area contributed by atoms with E-state index in [2.05, 4.69) is 32.0 Å². The Kier molecular flexibility index (Phi) is 3.33. The van der Waals surface area contributed by atoms with E-state index in [4.69, 9.17) is 11.6 Å². The molecular formula is C13H8BrClN2S. The van der Waals surface area contributed by atoms with E-state index in [1.54, 1.807) is 18.0 Å². The van der Waals surface area contributed by atoms with Gasteiger partial charge in [0.15, 0.2) is 0 Å². The Balaban J connectivity index is 2.04. The van der Waals surface area contributed by atoms with Crippen LogP contribution in [0.2, 0.25) is 5.02 Å². The molecular weight excluding hydrogens is 332 g/mol. The number of pyridine rings is 1. The number of hydrogen-bond donors (Lipinski definition) is 1. The second-order valence-electron chi connectivity index (χ2n) is 3.72. The molecule has 2 aromatic heterocycles. The normalized spacial score (nSPS) is 11.0. The highest BCUT2D eigenvalue weighted by atomic mass is 79.9. The van der Waals surface area contributed by atoms with Gasteiger partial charge in [0.05, 0.1) is 9.50 Å². The number of hydrogen-bond acceptors (Lipinski definition) is 2. The van der Waals surface area contributed by atoms with Gasteiger partial charge in [-0.05, 0) is 52.3 Å². The lowest BCUT2D eigenvalue weighted by atomic mass is 10.3. The first-order valence-electron chi connectivity index (χ1n) is 5.29. The molecule has 0 amide bonds. The van der Waals surface area contributed by atoms with Gasteiger partial charge < -0.3 is 4.98 Å². The van der Waals surface area contributed by atoms with Gasteiger partial charge in [0, 0.05) is 21.5 Å². The van der Waals surface area contributed by atoms with Crippen LogP contribution in [0.15, 0.2) is 57.0 Å². The van der Waals surface area contributed by atoms with E-state index in [0.717, 1.165) is 30.5 Å². The molecule has 0 aliphatic rings. The number of fused-ring (bicyclic) bond motifs is 1. The molecule has 2 nitrogen and oxygen atoms in total. The summed E-state index contributed by atoms with van der Waals surface area (Å²) in [5.41, 5.74) is 0.890. The number of nitrogens with zero attached hydrogens (tertiary/aromatic N) is 1. The maximum absolute atomic E-state index is 5.89. The second kappa shape index (κ2) is 4.96. The van der Waals surface area contributed by atoms with E-state index in [1.165, 1.54) is 0 Å². The van der Waals surface area contributed by atoms with Crippen LogP contribution in [0.25, 0.3) is 11.0 Å². The Hall–Kier alpha value is -0.970. The zero-order chi connectivity index (χ0) is 12.5. The number of H-pyrrole nitrogens is 1. The van der Waals surface area contributed by atoms with Crippen LogP contribution in [0.5, 0.6) is 0 Å². The summed E-state index contributed by atoms with van der Waals surface area (Å²) >= 11 is 11.1. The average molecular weight is 340 g/mol. The zero-order valence-electron chi connectivity index (χ0n) is 9.15. The minimum Gasteiger partial charge on any atom is -0.333 e. The first kappa shape index (κ1) is 12.1. The molecule has 18 heavy (non-hydrogen) atoms. The van der Waals surface area contributed by atoms with Gasteiger partial charge in [-0.1, -0.05) is 23.4 Å². The molecule has 0 radical (unpaired) electrons. The highest BCUT2D eigenvalue weighted by molar-refractivity contribution is 9.10. The van der Waals surface area contributed by atoms with Gasteiger partial charge in [-0.15, -0.1) is 0 Å². The number of aromatic amines is 1.